The van der Waals surface area contributed by atoms with Gasteiger partial charge >= 0.3 is 0 Å². The smallest absolute Gasteiger partial charge is 0.254 e. The van der Waals surface area contributed by atoms with Gasteiger partial charge in [-0.3, -0.25) is 9.59 Å². The van der Waals surface area contributed by atoms with Crippen LogP contribution in [0.1, 0.15) is 42.9 Å². The highest BCUT2D eigenvalue weighted by molar-refractivity contribution is 5.94. The second-order valence-corrected chi connectivity index (χ2v) is 7.65. The minimum absolute atomic E-state index is 0.0660. The largest absolute Gasteiger partial charge is 0.473 e. The van der Waals surface area contributed by atoms with Crippen LogP contribution in [-0.2, 0) is 17.8 Å². The van der Waals surface area contributed by atoms with Crippen LogP contribution in [0.4, 0.5) is 4.39 Å². The SMILES string of the molecule is CC(C)Oc1nccc(C(=O)NCCCN(C)C(=O)C2CCc3nncn3C2)c1F. The van der Waals surface area contributed by atoms with Crippen molar-refractivity contribution in [2.75, 3.05) is 20.1 Å². The first-order chi connectivity index (χ1) is 14.4. The number of pyridine rings is 1. The van der Waals surface area contributed by atoms with Gasteiger partial charge in [0, 0.05) is 39.3 Å². The maximum atomic E-state index is 14.4. The second kappa shape index (κ2) is 9.64. The lowest BCUT2D eigenvalue weighted by atomic mass is 9.98. The molecule has 0 fully saturated rings. The zero-order valence-electron chi connectivity index (χ0n) is 17.5. The number of carbonyl (C=O) groups is 2. The van der Waals surface area contributed by atoms with E-state index in [1.165, 1.54) is 12.3 Å². The van der Waals surface area contributed by atoms with Crippen LogP contribution in [-0.4, -0.2) is 62.7 Å². The number of nitrogens with one attached hydrogen (secondary N) is 1. The van der Waals surface area contributed by atoms with Crippen LogP contribution in [0.25, 0.3) is 0 Å². The summed E-state index contributed by atoms with van der Waals surface area (Å²) in [5.41, 5.74) is -0.114. The van der Waals surface area contributed by atoms with Crippen LogP contribution >= 0.6 is 0 Å². The van der Waals surface area contributed by atoms with Gasteiger partial charge in [0.2, 0.25) is 5.91 Å². The number of ether oxygens (including phenoxy) is 1. The van der Waals surface area contributed by atoms with Crippen molar-refractivity contribution in [3.63, 3.8) is 0 Å². The molecule has 0 bridgehead atoms. The minimum atomic E-state index is -0.776. The molecule has 1 N–H and O–H groups in total. The Bertz CT molecular complexity index is 900. The number of carbonyl (C=O) groups excluding carboxylic acids is 2. The molecule has 0 radical (unpaired) electrons. The van der Waals surface area contributed by atoms with Gasteiger partial charge in [0.1, 0.15) is 12.2 Å². The van der Waals surface area contributed by atoms with Crippen LogP contribution in [0.15, 0.2) is 18.6 Å². The Morgan fingerprint density at radius 3 is 3.00 bits per heavy atom. The molecule has 0 aromatic carbocycles. The highest BCUT2D eigenvalue weighted by Gasteiger charge is 2.27. The van der Waals surface area contributed by atoms with Crippen molar-refractivity contribution in [2.24, 2.45) is 5.92 Å². The molecule has 2 aromatic heterocycles. The molecule has 0 saturated carbocycles. The van der Waals surface area contributed by atoms with E-state index in [-0.39, 0.29) is 29.4 Å². The number of aryl methyl sites for hydroxylation is 1. The summed E-state index contributed by atoms with van der Waals surface area (Å²) >= 11 is 0. The van der Waals surface area contributed by atoms with Gasteiger partial charge in [-0.2, -0.15) is 0 Å². The van der Waals surface area contributed by atoms with E-state index in [9.17, 15) is 14.0 Å². The maximum Gasteiger partial charge on any atom is 0.254 e. The summed E-state index contributed by atoms with van der Waals surface area (Å²) in [6.07, 6.45) is 4.79. The summed E-state index contributed by atoms with van der Waals surface area (Å²) in [4.78, 5) is 30.5. The van der Waals surface area contributed by atoms with Gasteiger partial charge in [0.25, 0.3) is 11.8 Å². The average Bonchev–Trinajstić information content (AvgIpc) is 3.19. The molecule has 0 saturated heterocycles. The number of aromatic nitrogens is 4. The molecule has 0 spiro atoms. The fourth-order valence-corrected chi connectivity index (χ4v) is 3.40. The van der Waals surface area contributed by atoms with Gasteiger partial charge in [0.15, 0.2) is 5.82 Å². The monoisotopic (exact) mass is 418 g/mol. The predicted molar refractivity (Wildman–Crippen MR) is 106 cm³/mol. The van der Waals surface area contributed by atoms with E-state index in [1.807, 2.05) is 4.57 Å². The van der Waals surface area contributed by atoms with E-state index in [1.54, 1.807) is 32.1 Å². The predicted octanol–water partition coefficient (Wildman–Crippen LogP) is 1.44. The van der Waals surface area contributed by atoms with Gasteiger partial charge in [-0.05, 0) is 32.8 Å². The molecule has 1 unspecified atom stereocenters. The number of hydrogen-bond donors (Lipinski definition) is 1. The topological polar surface area (TPSA) is 102 Å². The van der Waals surface area contributed by atoms with Crippen molar-refractivity contribution in [3.05, 3.63) is 35.8 Å². The molecule has 162 valence electrons. The summed E-state index contributed by atoms with van der Waals surface area (Å²) in [5.74, 6) is -0.623. The number of hydrogen-bond acceptors (Lipinski definition) is 6. The van der Waals surface area contributed by atoms with Crippen LogP contribution in [0.2, 0.25) is 0 Å². The number of amides is 2. The fraction of sp³-hybridized carbons (Fsp3) is 0.550. The van der Waals surface area contributed by atoms with Crippen molar-refractivity contribution in [3.8, 4) is 5.88 Å². The van der Waals surface area contributed by atoms with Gasteiger partial charge in [-0.15, -0.1) is 10.2 Å². The highest BCUT2D eigenvalue weighted by Crippen LogP contribution is 2.20. The van der Waals surface area contributed by atoms with Crippen molar-refractivity contribution < 1.29 is 18.7 Å². The Morgan fingerprint density at radius 1 is 1.43 bits per heavy atom. The van der Waals surface area contributed by atoms with Crippen LogP contribution in [0, 0.1) is 11.7 Å². The standard InChI is InChI=1S/C20H27FN6O3/c1-13(2)30-19-17(21)15(7-9-23-19)18(28)22-8-4-10-26(3)20(29)14-5-6-16-25-24-12-27(16)11-14/h7,9,12-14H,4-6,8,10-11H2,1-3H3,(H,22,28). The van der Waals surface area contributed by atoms with Crippen molar-refractivity contribution in [1.82, 2.24) is 30.0 Å². The van der Waals surface area contributed by atoms with Gasteiger partial charge < -0.3 is 19.5 Å². The molecule has 2 amide bonds. The fourth-order valence-electron chi connectivity index (χ4n) is 3.40. The lowest BCUT2D eigenvalue weighted by Crippen LogP contribution is -2.38. The number of halogens is 1. The molecular formula is C20H27FN6O3. The molecule has 1 aliphatic heterocycles. The van der Waals surface area contributed by atoms with Gasteiger partial charge in [-0.1, -0.05) is 0 Å². The first-order valence-electron chi connectivity index (χ1n) is 10.1. The molecule has 1 aliphatic rings. The van der Waals surface area contributed by atoms with E-state index in [2.05, 4.69) is 20.5 Å². The average molecular weight is 418 g/mol. The van der Waals surface area contributed by atoms with Crippen molar-refractivity contribution in [1.29, 1.82) is 0 Å². The molecule has 1 atom stereocenters. The minimum Gasteiger partial charge on any atom is -0.473 e. The van der Waals surface area contributed by atoms with Crippen LogP contribution < -0.4 is 10.1 Å². The Kier molecular flexibility index (Phi) is 6.96. The summed E-state index contributed by atoms with van der Waals surface area (Å²) in [6, 6.07) is 1.32. The Hall–Kier alpha value is -3.04. The first kappa shape index (κ1) is 21.7. The first-order valence-corrected chi connectivity index (χ1v) is 10.1. The van der Waals surface area contributed by atoms with E-state index >= 15 is 0 Å². The summed E-state index contributed by atoms with van der Waals surface area (Å²) < 4.78 is 21.6. The Morgan fingerprint density at radius 2 is 2.23 bits per heavy atom. The molecule has 10 heteroatoms. The molecular weight excluding hydrogens is 391 g/mol. The normalized spacial score (nSPS) is 15.6. The van der Waals surface area contributed by atoms with E-state index in [0.29, 0.717) is 26.1 Å². The third-order valence-electron chi connectivity index (χ3n) is 4.96. The Balaban J connectivity index is 1.44. The van der Waals surface area contributed by atoms with Gasteiger partial charge in [0.05, 0.1) is 17.6 Å². The summed E-state index contributed by atoms with van der Waals surface area (Å²) in [6.45, 7) is 4.91. The zero-order chi connectivity index (χ0) is 21.7. The Labute approximate surface area is 174 Å². The third-order valence-corrected chi connectivity index (χ3v) is 4.96. The summed E-state index contributed by atoms with van der Waals surface area (Å²) in [7, 11) is 1.75. The number of rotatable bonds is 8. The molecule has 9 nitrogen and oxygen atoms in total. The number of fused-ring (bicyclic) bond motifs is 1. The van der Waals surface area contributed by atoms with E-state index in [0.717, 1.165) is 18.7 Å². The quantitative estimate of drug-likeness (QED) is 0.651. The third kappa shape index (κ3) is 5.11. The lowest BCUT2D eigenvalue weighted by Gasteiger charge is -2.27. The van der Waals surface area contributed by atoms with Crippen LogP contribution in [0.3, 0.4) is 0 Å². The summed E-state index contributed by atoms with van der Waals surface area (Å²) in [5, 5.41) is 10.6. The molecule has 2 aromatic rings. The molecule has 3 heterocycles. The van der Waals surface area contributed by atoms with Crippen molar-refractivity contribution >= 4 is 11.8 Å². The number of nitrogens with zero attached hydrogens (tertiary/aromatic N) is 5. The molecule has 30 heavy (non-hydrogen) atoms. The highest BCUT2D eigenvalue weighted by atomic mass is 19.1. The van der Waals surface area contributed by atoms with Gasteiger partial charge in [-0.25, -0.2) is 9.37 Å². The van der Waals surface area contributed by atoms with E-state index in [4.69, 9.17) is 4.74 Å². The second-order valence-electron chi connectivity index (χ2n) is 7.65. The maximum absolute atomic E-state index is 14.4. The van der Waals surface area contributed by atoms with Crippen LogP contribution in [0.5, 0.6) is 5.88 Å². The zero-order valence-corrected chi connectivity index (χ0v) is 17.5. The molecule has 0 aliphatic carbocycles. The molecule has 3 rings (SSSR count). The van der Waals surface area contributed by atoms with Crippen molar-refractivity contribution in [2.45, 2.75) is 45.8 Å². The van der Waals surface area contributed by atoms with E-state index < -0.39 is 11.7 Å². The lowest BCUT2D eigenvalue weighted by molar-refractivity contribution is -0.135.